The summed E-state index contributed by atoms with van der Waals surface area (Å²) in [6, 6.07) is 5.58. The number of aromatic nitrogens is 4. The summed E-state index contributed by atoms with van der Waals surface area (Å²) < 4.78 is 3.31. The second-order valence-electron chi connectivity index (χ2n) is 4.26. The van der Waals surface area contributed by atoms with Crippen LogP contribution in [-0.2, 0) is 7.05 Å². The average Bonchev–Trinajstić information content (AvgIpc) is 2.88. The fraction of sp³-hybridized carbons (Fsp3) is 0.154. The van der Waals surface area contributed by atoms with Crippen molar-refractivity contribution < 1.29 is 5.11 Å². The Morgan fingerprint density at radius 1 is 1.42 bits per heavy atom. The molecule has 3 rings (SSSR count). The highest BCUT2D eigenvalue weighted by molar-refractivity contribution is 5.87. The lowest BCUT2D eigenvalue weighted by molar-refractivity contribution is 0.443. The number of nitriles is 1. The van der Waals surface area contributed by atoms with Crippen molar-refractivity contribution >= 4 is 11.0 Å². The number of fused-ring (bicyclic) bond motifs is 1. The molecule has 0 aliphatic carbocycles. The predicted octanol–water partition coefficient (Wildman–Crippen LogP) is 1.64. The Bertz CT molecular complexity index is 822. The number of hydrogen-bond donors (Lipinski definition) is 1. The Labute approximate surface area is 109 Å². The number of nitrogens with zero attached hydrogens (tertiary/aromatic N) is 5. The smallest absolute Gasteiger partial charge is 0.217 e. The van der Waals surface area contributed by atoms with E-state index in [0.717, 1.165) is 11.4 Å². The molecule has 0 radical (unpaired) electrons. The molecule has 0 saturated carbocycles. The summed E-state index contributed by atoms with van der Waals surface area (Å²) >= 11 is 0. The van der Waals surface area contributed by atoms with Crippen LogP contribution in [0.15, 0.2) is 24.5 Å². The molecule has 0 bridgehead atoms. The molecule has 0 aromatic carbocycles. The van der Waals surface area contributed by atoms with Gasteiger partial charge in [-0.1, -0.05) is 0 Å². The van der Waals surface area contributed by atoms with E-state index in [0.29, 0.717) is 11.0 Å². The third-order valence-corrected chi connectivity index (χ3v) is 3.26. The van der Waals surface area contributed by atoms with Crippen molar-refractivity contribution in [1.82, 2.24) is 19.3 Å². The molecule has 0 aliphatic rings. The highest BCUT2D eigenvalue weighted by Crippen LogP contribution is 2.33. The summed E-state index contributed by atoms with van der Waals surface area (Å²) in [6.07, 6.45) is 3.26. The van der Waals surface area contributed by atoms with Crippen molar-refractivity contribution in [3.63, 3.8) is 0 Å². The normalized spacial score (nSPS) is 10.8. The molecular formula is C13H11N5O. The van der Waals surface area contributed by atoms with Crippen LogP contribution in [0.5, 0.6) is 5.88 Å². The summed E-state index contributed by atoms with van der Waals surface area (Å²) in [5.74, 6) is -0.104. The highest BCUT2D eigenvalue weighted by Gasteiger charge is 2.20. The van der Waals surface area contributed by atoms with Gasteiger partial charge in [0.25, 0.3) is 0 Å². The molecule has 19 heavy (non-hydrogen) atoms. The Kier molecular flexibility index (Phi) is 2.29. The van der Waals surface area contributed by atoms with Gasteiger partial charge in [0, 0.05) is 13.2 Å². The number of pyridine rings is 1. The topological polar surface area (TPSA) is 79.7 Å². The first kappa shape index (κ1) is 11.3. The first-order valence-corrected chi connectivity index (χ1v) is 5.72. The number of aromatic hydroxyl groups is 1. The molecule has 3 heterocycles. The van der Waals surface area contributed by atoms with Gasteiger partial charge in [-0.2, -0.15) is 10.4 Å². The fourth-order valence-electron chi connectivity index (χ4n) is 2.16. The van der Waals surface area contributed by atoms with Gasteiger partial charge in [0.1, 0.15) is 17.1 Å². The van der Waals surface area contributed by atoms with Crippen LogP contribution in [0.1, 0.15) is 11.3 Å². The lowest BCUT2D eigenvalue weighted by atomic mass is 10.3. The van der Waals surface area contributed by atoms with E-state index in [2.05, 4.69) is 10.1 Å². The lowest BCUT2D eigenvalue weighted by Gasteiger charge is -2.05. The maximum absolute atomic E-state index is 10.3. The monoisotopic (exact) mass is 253 g/mol. The summed E-state index contributed by atoms with van der Waals surface area (Å²) in [4.78, 5) is 4.16. The average molecular weight is 253 g/mol. The molecule has 0 aliphatic heterocycles. The summed E-state index contributed by atoms with van der Waals surface area (Å²) in [6.45, 7) is 1.90. The molecule has 0 amide bonds. The zero-order valence-electron chi connectivity index (χ0n) is 10.5. The van der Waals surface area contributed by atoms with Gasteiger partial charge >= 0.3 is 0 Å². The molecule has 0 fully saturated rings. The molecule has 6 heteroatoms. The van der Waals surface area contributed by atoms with Crippen LogP contribution in [-0.4, -0.2) is 24.4 Å². The minimum Gasteiger partial charge on any atom is -0.493 e. The van der Waals surface area contributed by atoms with Crippen molar-refractivity contribution in [1.29, 1.82) is 5.26 Å². The van der Waals surface area contributed by atoms with Crippen LogP contribution < -0.4 is 0 Å². The van der Waals surface area contributed by atoms with Crippen LogP contribution in [0.4, 0.5) is 0 Å². The summed E-state index contributed by atoms with van der Waals surface area (Å²) in [5.41, 5.74) is 2.98. The molecule has 0 saturated heterocycles. The fourth-order valence-corrected chi connectivity index (χ4v) is 2.16. The third-order valence-electron chi connectivity index (χ3n) is 3.26. The van der Waals surface area contributed by atoms with Crippen molar-refractivity contribution in [3.8, 4) is 17.6 Å². The second-order valence-corrected chi connectivity index (χ2v) is 4.26. The van der Waals surface area contributed by atoms with Crippen LogP contribution in [0.25, 0.3) is 16.7 Å². The van der Waals surface area contributed by atoms with Crippen molar-refractivity contribution in [2.24, 2.45) is 7.05 Å². The first-order valence-electron chi connectivity index (χ1n) is 5.72. The summed E-state index contributed by atoms with van der Waals surface area (Å²) in [7, 11) is 1.82. The molecule has 6 nitrogen and oxygen atoms in total. The van der Waals surface area contributed by atoms with E-state index >= 15 is 0 Å². The molecule has 0 atom stereocenters. The molecule has 3 aromatic rings. The van der Waals surface area contributed by atoms with Gasteiger partial charge < -0.3 is 5.11 Å². The number of rotatable bonds is 1. The van der Waals surface area contributed by atoms with Crippen LogP contribution in [0, 0.1) is 18.3 Å². The van der Waals surface area contributed by atoms with E-state index in [9.17, 15) is 5.11 Å². The third kappa shape index (κ3) is 1.42. The SMILES string of the molecule is Cc1c(-n2c(O)c(C#N)c3ncccc32)cnn1C. The first-order chi connectivity index (χ1) is 9.15. The molecular weight excluding hydrogens is 242 g/mol. The van der Waals surface area contributed by atoms with Gasteiger partial charge in [0.2, 0.25) is 5.88 Å². The van der Waals surface area contributed by atoms with E-state index < -0.39 is 0 Å². The van der Waals surface area contributed by atoms with Gasteiger partial charge in [-0.15, -0.1) is 0 Å². The second kappa shape index (κ2) is 3.85. The minimum atomic E-state index is -0.104. The van der Waals surface area contributed by atoms with Crippen molar-refractivity contribution in [3.05, 3.63) is 35.8 Å². The molecule has 3 aromatic heterocycles. The number of hydrogen-bond acceptors (Lipinski definition) is 4. The van der Waals surface area contributed by atoms with E-state index in [1.165, 1.54) is 0 Å². The van der Waals surface area contributed by atoms with Crippen LogP contribution in [0.2, 0.25) is 0 Å². The van der Waals surface area contributed by atoms with Gasteiger partial charge in [-0.05, 0) is 19.1 Å². The van der Waals surface area contributed by atoms with Crippen LogP contribution in [0.3, 0.4) is 0 Å². The zero-order chi connectivity index (χ0) is 13.6. The molecule has 1 N–H and O–H groups in total. The Morgan fingerprint density at radius 2 is 2.21 bits per heavy atom. The van der Waals surface area contributed by atoms with Crippen molar-refractivity contribution in [2.45, 2.75) is 6.92 Å². The molecule has 0 spiro atoms. The van der Waals surface area contributed by atoms with Gasteiger partial charge in [0.05, 0.1) is 23.1 Å². The van der Waals surface area contributed by atoms with Gasteiger partial charge in [-0.3, -0.25) is 14.2 Å². The minimum absolute atomic E-state index is 0.104. The van der Waals surface area contributed by atoms with Gasteiger partial charge in [-0.25, -0.2) is 0 Å². The van der Waals surface area contributed by atoms with E-state index in [-0.39, 0.29) is 11.4 Å². The Morgan fingerprint density at radius 3 is 2.84 bits per heavy atom. The molecule has 94 valence electrons. The van der Waals surface area contributed by atoms with Gasteiger partial charge in [0.15, 0.2) is 0 Å². The maximum atomic E-state index is 10.3. The maximum Gasteiger partial charge on any atom is 0.217 e. The predicted molar refractivity (Wildman–Crippen MR) is 69.0 cm³/mol. The quantitative estimate of drug-likeness (QED) is 0.715. The largest absolute Gasteiger partial charge is 0.493 e. The molecule has 0 unspecified atom stereocenters. The Balaban J connectivity index is 2.46. The lowest BCUT2D eigenvalue weighted by Crippen LogP contribution is -1.97. The standard InChI is InChI=1S/C13H11N5O/c1-8-11(7-16-17(8)2)18-10-4-3-5-15-12(10)9(6-14)13(18)19/h3-5,7,19H,1-2H3. The van der Waals surface area contributed by atoms with Crippen LogP contribution >= 0.6 is 0 Å². The van der Waals surface area contributed by atoms with E-state index in [1.807, 2.05) is 26.1 Å². The van der Waals surface area contributed by atoms with E-state index in [4.69, 9.17) is 5.26 Å². The summed E-state index contributed by atoms with van der Waals surface area (Å²) in [5, 5.41) is 23.6. The van der Waals surface area contributed by atoms with Crippen molar-refractivity contribution in [2.75, 3.05) is 0 Å². The Hall–Kier alpha value is -2.81. The zero-order valence-corrected chi connectivity index (χ0v) is 10.5. The number of aryl methyl sites for hydroxylation is 1. The highest BCUT2D eigenvalue weighted by atomic mass is 16.3. The van der Waals surface area contributed by atoms with E-state index in [1.54, 1.807) is 27.7 Å².